The molecule has 8 heteroatoms. The number of likely N-dealkylation sites (N-methyl/N-ethyl adjacent to an activating group) is 1. The molecule has 1 unspecified atom stereocenters. The van der Waals surface area contributed by atoms with Gasteiger partial charge in [0.05, 0.1) is 5.69 Å². The molecule has 0 spiro atoms. The van der Waals surface area contributed by atoms with E-state index in [0.717, 1.165) is 0 Å². The monoisotopic (exact) mass is 298 g/mol. The van der Waals surface area contributed by atoms with E-state index in [0.29, 0.717) is 25.1 Å². The van der Waals surface area contributed by atoms with E-state index in [2.05, 4.69) is 9.71 Å². The van der Waals surface area contributed by atoms with Crippen LogP contribution in [0.25, 0.3) is 0 Å². The number of carbonyl (C=O) groups is 1. The van der Waals surface area contributed by atoms with Crippen LogP contribution < -0.4 is 10.5 Å². The number of likely N-dealkylation sites (tertiary alicyclic amines) is 1. The van der Waals surface area contributed by atoms with Gasteiger partial charge in [0.2, 0.25) is 15.9 Å². The highest BCUT2D eigenvalue weighted by Gasteiger charge is 2.28. The van der Waals surface area contributed by atoms with Crippen LogP contribution >= 0.6 is 0 Å². The third kappa shape index (κ3) is 3.14. The van der Waals surface area contributed by atoms with E-state index in [1.165, 1.54) is 17.2 Å². The van der Waals surface area contributed by atoms with E-state index in [9.17, 15) is 13.2 Å². The van der Waals surface area contributed by atoms with Crippen LogP contribution in [-0.4, -0.2) is 43.8 Å². The molecule has 20 heavy (non-hydrogen) atoms. The summed E-state index contributed by atoms with van der Waals surface area (Å²) in [6, 6.07) is 2.76. The summed E-state index contributed by atoms with van der Waals surface area (Å²) in [6.07, 6.45) is 2.36. The van der Waals surface area contributed by atoms with Gasteiger partial charge in [-0.3, -0.25) is 9.78 Å². The van der Waals surface area contributed by atoms with Gasteiger partial charge in [0, 0.05) is 38.8 Å². The lowest BCUT2D eigenvalue weighted by molar-refractivity contribution is -0.132. The second kappa shape index (κ2) is 5.86. The molecule has 0 bridgehead atoms. The first kappa shape index (κ1) is 14.9. The van der Waals surface area contributed by atoms with Gasteiger partial charge in [-0.05, 0) is 18.6 Å². The highest BCUT2D eigenvalue weighted by molar-refractivity contribution is 7.89. The molecule has 1 aromatic heterocycles. The van der Waals surface area contributed by atoms with Gasteiger partial charge >= 0.3 is 0 Å². The number of aromatic nitrogens is 1. The normalized spacial score (nSPS) is 20.2. The lowest BCUT2D eigenvalue weighted by atomic mass is 10.1. The molecule has 0 radical (unpaired) electrons. The first-order valence-corrected chi connectivity index (χ1v) is 7.82. The smallest absolute Gasteiger partial charge is 0.242 e. The molecule has 7 nitrogen and oxygen atoms in total. The van der Waals surface area contributed by atoms with Crippen molar-refractivity contribution in [1.29, 1.82) is 0 Å². The maximum Gasteiger partial charge on any atom is 0.242 e. The highest BCUT2D eigenvalue weighted by Crippen LogP contribution is 2.16. The predicted octanol–water partition coefficient (Wildman–Crippen LogP) is -0.561. The summed E-state index contributed by atoms with van der Waals surface area (Å²) in [6.45, 7) is 0.427. The van der Waals surface area contributed by atoms with Crippen LogP contribution in [0.3, 0.4) is 0 Å². The Morgan fingerprint density at radius 3 is 2.95 bits per heavy atom. The SMILES string of the molecule is CN1CC(NS(=O)(=O)c2cccnc2CN)CCC1=O. The molecule has 1 amide bonds. The summed E-state index contributed by atoms with van der Waals surface area (Å²) in [5.41, 5.74) is 5.85. The van der Waals surface area contributed by atoms with Gasteiger partial charge in [0.15, 0.2) is 0 Å². The number of hydrogen-bond acceptors (Lipinski definition) is 5. The molecule has 1 saturated heterocycles. The Morgan fingerprint density at radius 1 is 1.55 bits per heavy atom. The summed E-state index contributed by atoms with van der Waals surface area (Å²) in [7, 11) is -2.01. The fraction of sp³-hybridized carbons (Fsp3) is 0.500. The topological polar surface area (TPSA) is 105 Å². The van der Waals surface area contributed by atoms with Gasteiger partial charge in [-0.2, -0.15) is 0 Å². The largest absolute Gasteiger partial charge is 0.344 e. The minimum atomic E-state index is -3.67. The summed E-state index contributed by atoms with van der Waals surface area (Å²) in [4.78, 5) is 17.0. The third-order valence-corrected chi connectivity index (χ3v) is 4.87. The molecule has 2 rings (SSSR count). The van der Waals surface area contributed by atoms with Gasteiger partial charge in [-0.25, -0.2) is 13.1 Å². The van der Waals surface area contributed by atoms with Crippen molar-refractivity contribution in [2.24, 2.45) is 5.73 Å². The lowest BCUT2D eigenvalue weighted by Crippen LogP contribution is -2.48. The van der Waals surface area contributed by atoms with Gasteiger partial charge in [0.1, 0.15) is 4.90 Å². The van der Waals surface area contributed by atoms with E-state index >= 15 is 0 Å². The Hall–Kier alpha value is -1.51. The van der Waals surface area contributed by atoms with Crippen LogP contribution in [0.4, 0.5) is 0 Å². The van der Waals surface area contributed by atoms with E-state index < -0.39 is 10.0 Å². The average molecular weight is 298 g/mol. The Balaban J connectivity index is 2.17. The fourth-order valence-electron chi connectivity index (χ4n) is 2.21. The van der Waals surface area contributed by atoms with E-state index in [-0.39, 0.29) is 23.4 Å². The quantitative estimate of drug-likeness (QED) is 0.775. The van der Waals surface area contributed by atoms with Gasteiger partial charge in [0.25, 0.3) is 0 Å². The number of nitrogens with two attached hydrogens (primary N) is 1. The van der Waals surface area contributed by atoms with Crippen molar-refractivity contribution >= 4 is 15.9 Å². The molecule has 1 aliphatic rings. The molecule has 0 aromatic carbocycles. The molecule has 2 heterocycles. The zero-order valence-electron chi connectivity index (χ0n) is 11.2. The molecule has 1 aromatic rings. The van der Waals surface area contributed by atoms with Crippen molar-refractivity contribution in [2.45, 2.75) is 30.3 Å². The fourth-order valence-corrected chi connectivity index (χ4v) is 3.67. The van der Waals surface area contributed by atoms with Gasteiger partial charge < -0.3 is 10.6 Å². The minimum absolute atomic E-state index is 0.0319. The Morgan fingerprint density at radius 2 is 2.30 bits per heavy atom. The van der Waals surface area contributed by atoms with Crippen LogP contribution in [0.5, 0.6) is 0 Å². The van der Waals surface area contributed by atoms with Crippen molar-refractivity contribution < 1.29 is 13.2 Å². The van der Waals surface area contributed by atoms with Crippen molar-refractivity contribution in [2.75, 3.05) is 13.6 Å². The van der Waals surface area contributed by atoms with Crippen LogP contribution in [0.2, 0.25) is 0 Å². The second-order valence-electron chi connectivity index (χ2n) is 4.78. The number of nitrogens with one attached hydrogen (secondary N) is 1. The van der Waals surface area contributed by atoms with Crippen LogP contribution in [-0.2, 0) is 21.4 Å². The third-order valence-electron chi connectivity index (χ3n) is 3.28. The number of rotatable bonds is 4. The summed E-state index contributed by atoms with van der Waals surface area (Å²) in [5.74, 6) is 0.0319. The van der Waals surface area contributed by atoms with Gasteiger partial charge in [-0.15, -0.1) is 0 Å². The van der Waals surface area contributed by atoms with Gasteiger partial charge in [-0.1, -0.05) is 0 Å². The summed E-state index contributed by atoms with van der Waals surface area (Å²) >= 11 is 0. The first-order valence-electron chi connectivity index (χ1n) is 6.34. The molecular formula is C12H18N4O3S. The zero-order valence-corrected chi connectivity index (χ0v) is 12.1. The number of nitrogens with zero attached hydrogens (tertiary/aromatic N) is 2. The number of piperidine rings is 1. The van der Waals surface area contributed by atoms with Crippen LogP contribution in [0.1, 0.15) is 18.5 Å². The van der Waals surface area contributed by atoms with Crippen molar-refractivity contribution in [3.05, 3.63) is 24.0 Å². The molecule has 3 N–H and O–H groups in total. The van der Waals surface area contributed by atoms with Crippen molar-refractivity contribution in [1.82, 2.24) is 14.6 Å². The number of carbonyl (C=O) groups excluding carboxylic acids is 1. The summed E-state index contributed by atoms with van der Waals surface area (Å²) < 4.78 is 27.3. The van der Waals surface area contributed by atoms with Crippen LogP contribution in [0.15, 0.2) is 23.2 Å². The number of pyridine rings is 1. The second-order valence-corrected chi connectivity index (χ2v) is 6.47. The van der Waals surface area contributed by atoms with Crippen LogP contribution in [0, 0.1) is 0 Å². The number of sulfonamides is 1. The molecule has 0 aliphatic carbocycles. The van der Waals surface area contributed by atoms with Crippen molar-refractivity contribution in [3.8, 4) is 0 Å². The molecule has 1 aliphatic heterocycles. The minimum Gasteiger partial charge on any atom is -0.344 e. The maximum atomic E-state index is 12.4. The maximum absolute atomic E-state index is 12.4. The summed E-state index contributed by atoms with van der Waals surface area (Å²) in [5, 5.41) is 0. The molecule has 110 valence electrons. The molecule has 0 saturated carbocycles. The van der Waals surface area contributed by atoms with E-state index in [1.54, 1.807) is 13.1 Å². The van der Waals surface area contributed by atoms with E-state index in [1.807, 2.05) is 0 Å². The Bertz CT molecular complexity index is 602. The highest BCUT2D eigenvalue weighted by atomic mass is 32.2. The lowest BCUT2D eigenvalue weighted by Gasteiger charge is -2.30. The standard InChI is InChI=1S/C12H18N4O3S/c1-16-8-9(4-5-12(16)17)15-20(18,19)11-3-2-6-14-10(11)7-13/h2-3,6,9,15H,4-5,7-8,13H2,1H3. The average Bonchev–Trinajstić information content (AvgIpc) is 2.42. The molecular weight excluding hydrogens is 280 g/mol. The zero-order chi connectivity index (χ0) is 14.8. The Kier molecular flexibility index (Phi) is 4.36. The Labute approximate surface area is 118 Å². The van der Waals surface area contributed by atoms with Crippen molar-refractivity contribution in [3.63, 3.8) is 0 Å². The predicted molar refractivity (Wildman–Crippen MR) is 73.1 cm³/mol. The molecule has 1 fully saturated rings. The first-order chi connectivity index (χ1) is 9.44. The molecule has 1 atom stereocenters. The number of amides is 1. The number of hydrogen-bond donors (Lipinski definition) is 2. The van der Waals surface area contributed by atoms with E-state index in [4.69, 9.17) is 5.73 Å².